The highest BCUT2D eigenvalue weighted by Crippen LogP contribution is 2.18. The average Bonchev–Trinajstić information content (AvgIpc) is 3.14. The molecule has 2 N–H and O–H groups in total. The molecule has 1 aromatic carbocycles. The Morgan fingerprint density at radius 2 is 2.09 bits per heavy atom. The van der Waals surface area contributed by atoms with Crippen LogP contribution in [0.3, 0.4) is 0 Å². The lowest BCUT2D eigenvalue weighted by Gasteiger charge is -2.16. The highest BCUT2D eigenvalue weighted by atomic mass is 15.2. The van der Waals surface area contributed by atoms with E-state index >= 15 is 0 Å². The Balaban J connectivity index is 1.74. The van der Waals surface area contributed by atoms with Crippen molar-refractivity contribution >= 4 is 17.0 Å². The van der Waals surface area contributed by atoms with E-state index in [1.807, 2.05) is 18.2 Å². The van der Waals surface area contributed by atoms with Crippen molar-refractivity contribution in [2.75, 3.05) is 6.54 Å². The molecular formula is C17H25N5. The number of fused-ring (bicyclic) bond motifs is 1. The first-order valence-corrected chi connectivity index (χ1v) is 8.23. The summed E-state index contributed by atoms with van der Waals surface area (Å²) >= 11 is 0. The Hall–Kier alpha value is -2.04. The molecule has 0 bridgehead atoms. The number of hydrogen-bond donors (Lipinski definition) is 2. The summed E-state index contributed by atoms with van der Waals surface area (Å²) in [5.41, 5.74) is 2.19. The summed E-state index contributed by atoms with van der Waals surface area (Å²) in [5, 5.41) is 6.88. The number of aliphatic imine (C=N–C) groups is 1. The van der Waals surface area contributed by atoms with Crippen LogP contribution in [0.15, 0.2) is 29.3 Å². The van der Waals surface area contributed by atoms with E-state index in [9.17, 15) is 0 Å². The Morgan fingerprint density at radius 1 is 1.32 bits per heavy atom. The maximum Gasteiger partial charge on any atom is 0.191 e. The lowest BCUT2D eigenvalue weighted by molar-refractivity contribution is 0.612. The standard InChI is InChI=1S/C17H25N5/c1-3-18-17(20-13-8-4-5-9-13)19-12-16-21-14-10-6-7-11-15(14)22(16)2/h6-7,10-11,13H,3-5,8-9,12H2,1-2H3,(H2,18,19,20). The number of benzene rings is 1. The molecule has 1 saturated carbocycles. The molecule has 1 aliphatic carbocycles. The Morgan fingerprint density at radius 3 is 2.82 bits per heavy atom. The summed E-state index contributed by atoms with van der Waals surface area (Å²) in [6.07, 6.45) is 5.14. The predicted molar refractivity (Wildman–Crippen MR) is 90.9 cm³/mol. The molecule has 0 amide bonds. The van der Waals surface area contributed by atoms with Crippen molar-refractivity contribution in [1.29, 1.82) is 0 Å². The number of aromatic nitrogens is 2. The lowest BCUT2D eigenvalue weighted by Crippen LogP contribution is -2.42. The molecule has 0 radical (unpaired) electrons. The van der Waals surface area contributed by atoms with Crippen molar-refractivity contribution in [2.24, 2.45) is 12.0 Å². The van der Waals surface area contributed by atoms with Gasteiger partial charge in [0.25, 0.3) is 0 Å². The molecule has 22 heavy (non-hydrogen) atoms. The van der Waals surface area contributed by atoms with Crippen LogP contribution < -0.4 is 10.6 Å². The van der Waals surface area contributed by atoms with Gasteiger partial charge in [-0.05, 0) is 31.9 Å². The molecule has 2 aromatic rings. The van der Waals surface area contributed by atoms with Crippen LogP contribution in [0, 0.1) is 0 Å². The SMILES string of the molecule is CCNC(=NCc1nc2ccccc2n1C)NC1CCCC1. The number of hydrogen-bond acceptors (Lipinski definition) is 2. The van der Waals surface area contributed by atoms with Crippen LogP contribution in [-0.4, -0.2) is 28.1 Å². The summed E-state index contributed by atoms with van der Waals surface area (Å²) in [7, 11) is 2.05. The molecule has 5 heteroatoms. The first-order valence-electron chi connectivity index (χ1n) is 8.23. The normalized spacial score (nSPS) is 16.4. The van der Waals surface area contributed by atoms with Gasteiger partial charge in [0.1, 0.15) is 12.4 Å². The minimum Gasteiger partial charge on any atom is -0.357 e. The summed E-state index contributed by atoms with van der Waals surface area (Å²) in [4.78, 5) is 9.39. The van der Waals surface area contributed by atoms with E-state index in [0.29, 0.717) is 12.6 Å². The molecule has 1 heterocycles. The second-order valence-electron chi connectivity index (χ2n) is 5.90. The molecule has 0 unspecified atom stereocenters. The maximum atomic E-state index is 4.71. The summed E-state index contributed by atoms with van der Waals surface area (Å²) in [6.45, 7) is 3.56. The number of nitrogens with zero attached hydrogens (tertiary/aromatic N) is 3. The molecule has 0 saturated heterocycles. The van der Waals surface area contributed by atoms with Gasteiger partial charge in [0.05, 0.1) is 11.0 Å². The fourth-order valence-electron chi connectivity index (χ4n) is 3.07. The zero-order chi connectivity index (χ0) is 15.4. The third kappa shape index (κ3) is 3.24. The third-order valence-corrected chi connectivity index (χ3v) is 4.30. The van der Waals surface area contributed by atoms with Gasteiger partial charge in [-0.1, -0.05) is 25.0 Å². The van der Waals surface area contributed by atoms with E-state index < -0.39 is 0 Å². The molecule has 1 fully saturated rings. The number of nitrogens with one attached hydrogen (secondary N) is 2. The van der Waals surface area contributed by atoms with Gasteiger partial charge in [0.2, 0.25) is 0 Å². The monoisotopic (exact) mass is 299 g/mol. The maximum absolute atomic E-state index is 4.71. The highest BCUT2D eigenvalue weighted by Gasteiger charge is 2.16. The third-order valence-electron chi connectivity index (χ3n) is 4.30. The van der Waals surface area contributed by atoms with Gasteiger partial charge in [-0.15, -0.1) is 0 Å². The largest absolute Gasteiger partial charge is 0.357 e. The van der Waals surface area contributed by atoms with Crippen LogP contribution in [0.25, 0.3) is 11.0 Å². The van der Waals surface area contributed by atoms with E-state index in [2.05, 4.69) is 40.2 Å². The van der Waals surface area contributed by atoms with Crippen LogP contribution >= 0.6 is 0 Å². The van der Waals surface area contributed by atoms with Gasteiger partial charge >= 0.3 is 0 Å². The second kappa shape index (κ2) is 6.81. The summed E-state index contributed by atoms with van der Waals surface area (Å²) in [6, 6.07) is 8.78. The van der Waals surface area contributed by atoms with Gasteiger partial charge < -0.3 is 15.2 Å². The van der Waals surface area contributed by atoms with Crippen LogP contribution in [0.1, 0.15) is 38.4 Å². The fraction of sp³-hybridized carbons (Fsp3) is 0.529. The van der Waals surface area contributed by atoms with E-state index in [1.165, 1.54) is 25.7 Å². The van der Waals surface area contributed by atoms with Crippen molar-refractivity contribution < 1.29 is 0 Å². The molecule has 1 aliphatic rings. The van der Waals surface area contributed by atoms with Crippen molar-refractivity contribution in [3.8, 4) is 0 Å². The van der Waals surface area contributed by atoms with Crippen molar-refractivity contribution in [3.63, 3.8) is 0 Å². The van der Waals surface area contributed by atoms with Crippen LogP contribution in [0.4, 0.5) is 0 Å². The van der Waals surface area contributed by atoms with Gasteiger partial charge in [0.15, 0.2) is 5.96 Å². The zero-order valence-electron chi connectivity index (χ0n) is 13.5. The van der Waals surface area contributed by atoms with Crippen molar-refractivity contribution in [1.82, 2.24) is 20.2 Å². The fourth-order valence-corrected chi connectivity index (χ4v) is 3.07. The number of imidazole rings is 1. The minimum atomic E-state index is 0.568. The number of para-hydroxylation sites is 2. The van der Waals surface area contributed by atoms with E-state index in [-0.39, 0.29) is 0 Å². The zero-order valence-corrected chi connectivity index (χ0v) is 13.5. The molecule has 0 spiro atoms. The van der Waals surface area contributed by atoms with Crippen LogP contribution in [-0.2, 0) is 13.6 Å². The Labute approximate surface area is 131 Å². The van der Waals surface area contributed by atoms with Gasteiger partial charge in [-0.3, -0.25) is 0 Å². The molecule has 0 aliphatic heterocycles. The van der Waals surface area contributed by atoms with Gasteiger partial charge in [-0.25, -0.2) is 9.98 Å². The number of rotatable bonds is 4. The smallest absolute Gasteiger partial charge is 0.191 e. The Kier molecular flexibility index (Phi) is 4.61. The first-order chi connectivity index (χ1) is 10.8. The van der Waals surface area contributed by atoms with Crippen LogP contribution in [0.2, 0.25) is 0 Å². The van der Waals surface area contributed by atoms with Gasteiger partial charge in [0, 0.05) is 19.6 Å². The first kappa shape index (κ1) is 14.9. The molecular weight excluding hydrogens is 274 g/mol. The second-order valence-corrected chi connectivity index (χ2v) is 5.90. The van der Waals surface area contributed by atoms with Crippen molar-refractivity contribution in [3.05, 3.63) is 30.1 Å². The minimum absolute atomic E-state index is 0.568. The highest BCUT2D eigenvalue weighted by molar-refractivity contribution is 5.80. The Bertz CT molecular complexity index is 652. The molecule has 0 atom stereocenters. The van der Waals surface area contributed by atoms with E-state index in [0.717, 1.165) is 29.4 Å². The van der Waals surface area contributed by atoms with Gasteiger partial charge in [-0.2, -0.15) is 0 Å². The quantitative estimate of drug-likeness (QED) is 0.674. The van der Waals surface area contributed by atoms with E-state index in [4.69, 9.17) is 4.99 Å². The molecule has 5 nitrogen and oxygen atoms in total. The average molecular weight is 299 g/mol. The topological polar surface area (TPSA) is 54.2 Å². The predicted octanol–water partition coefficient (Wildman–Crippen LogP) is 2.57. The number of guanidine groups is 1. The lowest BCUT2D eigenvalue weighted by atomic mass is 10.2. The molecule has 118 valence electrons. The van der Waals surface area contributed by atoms with Crippen LogP contribution in [0.5, 0.6) is 0 Å². The summed E-state index contributed by atoms with van der Waals surface area (Å²) < 4.78 is 2.12. The summed E-state index contributed by atoms with van der Waals surface area (Å²) in [5.74, 6) is 1.89. The molecule has 3 rings (SSSR count). The number of aryl methyl sites for hydroxylation is 1. The van der Waals surface area contributed by atoms with Crippen molar-refractivity contribution in [2.45, 2.75) is 45.2 Å². The molecule has 1 aromatic heterocycles. The van der Waals surface area contributed by atoms with E-state index in [1.54, 1.807) is 0 Å².